The Morgan fingerprint density at radius 2 is 1.69 bits per heavy atom. The van der Waals surface area contributed by atoms with Gasteiger partial charge in [0.2, 0.25) is 0 Å². The lowest BCUT2D eigenvalue weighted by Crippen LogP contribution is -2.30. The van der Waals surface area contributed by atoms with Gasteiger partial charge < -0.3 is 9.47 Å². The van der Waals surface area contributed by atoms with E-state index >= 15 is 0 Å². The maximum atomic E-state index is 12.7. The van der Waals surface area contributed by atoms with Crippen LogP contribution in [-0.4, -0.2) is 18.0 Å². The fourth-order valence-corrected chi connectivity index (χ4v) is 4.42. The Bertz CT molecular complexity index is 870. The first-order valence-electron chi connectivity index (χ1n) is 10.5. The lowest BCUT2D eigenvalue weighted by molar-refractivity contribution is -0.159. The van der Waals surface area contributed by atoms with E-state index in [1.165, 1.54) is 0 Å². The number of fused-ring (bicyclic) bond motifs is 1. The second-order valence-corrected chi connectivity index (χ2v) is 8.87. The molecule has 0 amide bonds. The van der Waals surface area contributed by atoms with Crippen LogP contribution in [0, 0.1) is 11.8 Å². The Balaban J connectivity index is 1.56. The zero-order valence-corrected chi connectivity index (χ0v) is 18.9. The molecule has 2 atom stereocenters. The molecule has 1 saturated carbocycles. The predicted octanol–water partition coefficient (Wildman–Crippen LogP) is 6.35. The van der Waals surface area contributed by atoms with Crippen LogP contribution in [0.15, 0.2) is 40.9 Å². The molecule has 156 valence electrons. The van der Waals surface area contributed by atoms with E-state index < -0.39 is 0 Å². The van der Waals surface area contributed by atoms with Crippen molar-refractivity contribution in [1.82, 2.24) is 0 Å². The van der Waals surface area contributed by atoms with E-state index in [-0.39, 0.29) is 36.0 Å². The van der Waals surface area contributed by atoms with E-state index in [1.54, 1.807) is 0 Å². The van der Waals surface area contributed by atoms with Crippen LogP contribution in [-0.2, 0) is 19.1 Å². The van der Waals surface area contributed by atoms with E-state index in [0.29, 0.717) is 12.8 Å². The van der Waals surface area contributed by atoms with E-state index in [4.69, 9.17) is 9.47 Å². The average molecular weight is 461 g/mol. The van der Waals surface area contributed by atoms with Gasteiger partial charge in [-0.2, -0.15) is 0 Å². The third-order valence-electron chi connectivity index (χ3n) is 5.90. The smallest absolute Gasteiger partial charge is 0.309 e. The molecule has 2 unspecified atom stereocenters. The Labute approximate surface area is 181 Å². The highest BCUT2D eigenvalue weighted by Gasteiger charge is 2.31. The third-order valence-corrected chi connectivity index (χ3v) is 6.59. The highest BCUT2D eigenvalue weighted by atomic mass is 79.9. The minimum Gasteiger partial charge on any atom is -0.462 e. The lowest BCUT2D eigenvalue weighted by Gasteiger charge is -2.28. The summed E-state index contributed by atoms with van der Waals surface area (Å²) in [6, 6.07) is 12.3. The van der Waals surface area contributed by atoms with Gasteiger partial charge in [-0.1, -0.05) is 54.0 Å². The molecule has 0 N–H and O–H groups in total. The molecule has 0 bridgehead atoms. The minimum atomic E-state index is -0.331. The van der Waals surface area contributed by atoms with Crippen LogP contribution in [0.25, 0.3) is 10.8 Å². The largest absolute Gasteiger partial charge is 0.462 e. The second-order valence-electron chi connectivity index (χ2n) is 8.02. The van der Waals surface area contributed by atoms with E-state index in [2.05, 4.69) is 40.2 Å². The standard InChI is InChI=1S/C24H29BrO4/c1-4-15(2)23(26)29-20-11-9-17(10-12-20)24(27)28-16(3)21-13-18-7-5-6-8-19(18)14-22(21)25/h5-8,13-17,20H,4,9-12H2,1-3H3. The number of carbonyl (C=O) groups is 2. The second kappa shape index (κ2) is 9.75. The maximum absolute atomic E-state index is 12.7. The van der Waals surface area contributed by atoms with Crippen molar-refractivity contribution in [2.45, 2.75) is 65.1 Å². The summed E-state index contributed by atoms with van der Waals surface area (Å²) in [7, 11) is 0. The monoisotopic (exact) mass is 460 g/mol. The summed E-state index contributed by atoms with van der Waals surface area (Å²) >= 11 is 3.61. The zero-order chi connectivity index (χ0) is 21.0. The van der Waals surface area contributed by atoms with Crippen LogP contribution in [0.4, 0.5) is 0 Å². The molecule has 1 aliphatic carbocycles. The fourth-order valence-electron chi connectivity index (χ4n) is 3.74. The van der Waals surface area contributed by atoms with Gasteiger partial charge in [0, 0.05) is 10.0 Å². The summed E-state index contributed by atoms with van der Waals surface area (Å²) in [5.74, 6) is -0.494. The van der Waals surface area contributed by atoms with Crippen molar-refractivity contribution in [2.75, 3.05) is 0 Å². The fraction of sp³-hybridized carbons (Fsp3) is 0.500. The molecule has 0 heterocycles. The van der Waals surface area contributed by atoms with Crippen molar-refractivity contribution >= 4 is 38.6 Å². The normalized spacial score (nSPS) is 21.4. The molecule has 0 spiro atoms. The van der Waals surface area contributed by atoms with E-state index in [0.717, 1.165) is 40.1 Å². The Morgan fingerprint density at radius 3 is 2.31 bits per heavy atom. The van der Waals surface area contributed by atoms with Crippen molar-refractivity contribution in [3.63, 3.8) is 0 Å². The predicted molar refractivity (Wildman–Crippen MR) is 117 cm³/mol. The highest BCUT2D eigenvalue weighted by Crippen LogP contribution is 2.33. The average Bonchev–Trinajstić information content (AvgIpc) is 2.72. The lowest BCUT2D eigenvalue weighted by atomic mass is 9.87. The molecule has 1 aliphatic rings. The molecular formula is C24H29BrO4. The van der Waals surface area contributed by atoms with Crippen molar-refractivity contribution in [3.05, 3.63) is 46.4 Å². The Kier molecular flexibility index (Phi) is 7.33. The van der Waals surface area contributed by atoms with Crippen LogP contribution < -0.4 is 0 Å². The SMILES string of the molecule is CCC(C)C(=O)OC1CCC(C(=O)OC(C)c2cc3ccccc3cc2Br)CC1. The van der Waals surface area contributed by atoms with Gasteiger partial charge in [-0.25, -0.2) is 0 Å². The van der Waals surface area contributed by atoms with Crippen LogP contribution in [0.1, 0.15) is 64.5 Å². The van der Waals surface area contributed by atoms with Crippen LogP contribution in [0.5, 0.6) is 0 Å². The molecule has 0 aliphatic heterocycles. The third kappa shape index (κ3) is 5.39. The number of benzene rings is 2. The number of hydrogen-bond acceptors (Lipinski definition) is 4. The van der Waals surface area contributed by atoms with Crippen molar-refractivity contribution in [3.8, 4) is 0 Å². The zero-order valence-electron chi connectivity index (χ0n) is 17.3. The van der Waals surface area contributed by atoms with Crippen LogP contribution >= 0.6 is 15.9 Å². The summed E-state index contributed by atoms with van der Waals surface area (Å²) in [5, 5.41) is 2.27. The molecule has 3 rings (SSSR count). The number of carbonyl (C=O) groups excluding carboxylic acids is 2. The first-order valence-corrected chi connectivity index (χ1v) is 11.3. The van der Waals surface area contributed by atoms with Gasteiger partial charge in [0.1, 0.15) is 12.2 Å². The Hall–Kier alpha value is -1.88. The Morgan fingerprint density at radius 1 is 1.07 bits per heavy atom. The number of esters is 2. The topological polar surface area (TPSA) is 52.6 Å². The summed E-state index contributed by atoms with van der Waals surface area (Å²) < 4.78 is 12.3. The number of hydrogen-bond donors (Lipinski definition) is 0. The van der Waals surface area contributed by atoms with E-state index in [9.17, 15) is 9.59 Å². The van der Waals surface area contributed by atoms with Crippen LogP contribution in [0.3, 0.4) is 0 Å². The molecule has 29 heavy (non-hydrogen) atoms. The van der Waals surface area contributed by atoms with Gasteiger partial charge in [-0.3, -0.25) is 9.59 Å². The van der Waals surface area contributed by atoms with Gasteiger partial charge in [-0.15, -0.1) is 0 Å². The number of ether oxygens (including phenoxy) is 2. The first-order chi connectivity index (χ1) is 13.9. The first kappa shape index (κ1) is 21.8. The summed E-state index contributed by atoms with van der Waals surface area (Å²) in [6.07, 6.45) is 3.20. The summed E-state index contributed by atoms with van der Waals surface area (Å²) in [5.41, 5.74) is 0.966. The molecule has 2 aromatic carbocycles. The highest BCUT2D eigenvalue weighted by molar-refractivity contribution is 9.10. The van der Waals surface area contributed by atoms with Gasteiger partial charge in [-0.05, 0) is 61.9 Å². The molecule has 0 aromatic heterocycles. The number of halogens is 1. The van der Waals surface area contributed by atoms with Gasteiger partial charge in [0.05, 0.1) is 11.8 Å². The van der Waals surface area contributed by atoms with Gasteiger partial charge >= 0.3 is 11.9 Å². The minimum absolute atomic E-state index is 0.0704. The van der Waals surface area contributed by atoms with Crippen LogP contribution in [0.2, 0.25) is 0 Å². The van der Waals surface area contributed by atoms with E-state index in [1.807, 2.05) is 32.9 Å². The molecule has 2 aromatic rings. The molecule has 5 heteroatoms. The molecule has 0 radical (unpaired) electrons. The molecule has 1 fully saturated rings. The van der Waals surface area contributed by atoms with Gasteiger partial charge in [0.15, 0.2) is 0 Å². The molecule has 0 saturated heterocycles. The van der Waals surface area contributed by atoms with Crippen molar-refractivity contribution < 1.29 is 19.1 Å². The molecular weight excluding hydrogens is 432 g/mol. The maximum Gasteiger partial charge on any atom is 0.309 e. The summed E-state index contributed by atoms with van der Waals surface area (Å²) in [6.45, 7) is 5.78. The number of rotatable bonds is 6. The van der Waals surface area contributed by atoms with Crippen molar-refractivity contribution in [1.29, 1.82) is 0 Å². The van der Waals surface area contributed by atoms with Gasteiger partial charge in [0.25, 0.3) is 0 Å². The summed E-state index contributed by atoms with van der Waals surface area (Å²) in [4.78, 5) is 24.7. The quantitative estimate of drug-likeness (QED) is 0.470. The van der Waals surface area contributed by atoms with Crippen molar-refractivity contribution in [2.24, 2.45) is 11.8 Å². The molecule has 4 nitrogen and oxygen atoms in total.